The Kier molecular flexibility index (Phi) is 5.65. The highest BCUT2D eigenvalue weighted by atomic mass is 16.2. The lowest BCUT2D eigenvalue weighted by atomic mass is 10.0. The predicted octanol–water partition coefficient (Wildman–Crippen LogP) is 3.53. The molecule has 0 spiro atoms. The molecule has 1 aromatic heterocycles. The molecule has 1 N–H and O–H groups in total. The van der Waals surface area contributed by atoms with Crippen LogP contribution in [0.2, 0.25) is 0 Å². The van der Waals surface area contributed by atoms with Gasteiger partial charge in [-0.15, -0.1) is 0 Å². The number of fused-ring (bicyclic) bond motifs is 1. The minimum absolute atomic E-state index is 0.0793. The Balaban J connectivity index is 1.30. The van der Waals surface area contributed by atoms with Crippen molar-refractivity contribution in [1.82, 2.24) is 14.8 Å². The van der Waals surface area contributed by atoms with E-state index >= 15 is 0 Å². The van der Waals surface area contributed by atoms with E-state index in [9.17, 15) is 9.59 Å². The number of benzene rings is 2. The molecule has 1 aliphatic heterocycles. The van der Waals surface area contributed by atoms with Gasteiger partial charge in [-0.25, -0.2) is 0 Å². The summed E-state index contributed by atoms with van der Waals surface area (Å²) in [4.78, 5) is 27.2. The molecule has 0 unspecified atom stereocenters. The quantitative estimate of drug-likeness (QED) is 0.726. The van der Waals surface area contributed by atoms with Crippen molar-refractivity contribution in [2.24, 2.45) is 7.05 Å². The zero-order chi connectivity index (χ0) is 20.2. The minimum Gasteiger partial charge on any atom is -0.353 e. The number of nitrogens with one attached hydrogen (secondary N) is 1. The van der Waals surface area contributed by atoms with Gasteiger partial charge in [0.25, 0.3) is 5.91 Å². The van der Waals surface area contributed by atoms with Gasteiger partial charge in [0, 0.05) is 49.7 Å². The number of aromatic nitrogens is 1. The summed E-state index contributed by atoms with van der Waals surface area (Å²) < 4.78 is 2.00. The second-order valence-corrected chi connectivity index (χ2v) is 7.79. The summed E-state index contributed by atoms with van der Waals surface area (Å²) in [7, 11) is 1.97. The molecule has 5 nitrogen and oxygen atoms in total. The summed E-state index contributed by atoms with van der Waals surface area (Å²) in [6, 6.07) is 18.2. The molecule has 2 amide bonds. The van der Waals surface area contributed by atoms with Crippen LogP contribution < -0.4 is 5.32 Å². The van der Waals surface area contributed by atoms with Gasteiger partial charge in [-0.1, -0.05) is 48.5 Å². The van der Waals surface area contributed by atoms with Gasteiger partial charge >= 0.3 is 0 Å². The van der Waals surface area contributed by atoms with Crippen molar-refractivity contribution in [1.29, 1.82) is 0 Å². The average molecular weight is 389 g/mol. The molecule has 0 atom stereocenters. The van der Waals surface area contributed by atoms with Gasteiger partial charge in [0.1, 0.15) is 0 Å². The lowest BCUT2D eigenvalue weighted by molar-refractivity contribution is -0.122. The Labute approximate surface area is 171 Å². The monoisotopic (exact) mass is 389 g/mol. The lowest BCUT2D eigenvalue weighted by Crippen LogP contribution is -2.46. The van der Waals surface area contributed by atoms with Crippen molar-refractivity contribution in [3.8, 4) is 0 Å². The van der Waals surface area contributed by atoms with Crippen LogP contribution in [0.25, 0.3) is 10.9 Å². The first kappa shape index (κ1) is 19.2. The second-order valence-electron chi connectivity index (χ2n) is 7.79. The van der Waals surface area contributed by atoms with Gasteiger partial charge in [-0.2, -0.15) is 0 Å². The standard InChI is InChI=1S/C24H27N3O2/c1-26-17-21(20-9-5-6-10-22(20)26)24(29)27-15-13-19(14-16-27)25-23(28)12-11-18-7-3-2-4-8-18/h2-10,17,19H,11-16H2,1H3,(H,25,28). The van der Waals surface area contributed by atoms with E-state index in [1.807, 2.05) is 77.3 Å². The van der Waals surface area contributed by atoms with Gasteiger partial charge in [0.2, 0.25) is 5.91 Å². The maximum Gasteiger partial charge on any atom is 0.256 e. The van der Waals surface area contributed by atoms with E-state index in [1.54, 1.807) is 0 Å². The van der Waals surface area contributed by atoms with E-state index < -0.39 is 0 Å². The van der Waals surface area contributed by atoms with Gasteiger partial charge in [-0.3, -0.25) is 9.59 Å². The molecule has 0 radical (unpaired) electrons. The van der Waals surface area contributed by atoms with Crippen LogP contribution in [-0.4, -0.2) is 40.4 Å². The number of likely N-dealkylation sites (tertiary alicyclic amines) is 1. The number of carbonyl (C=O) groups is 2. The Morgan fingerprint density at radius 2 is 1.69 bits per heavy atom. The molecule has 3 aromatic rings. The highest BCUT2D eigenvalue weighted by molar-refractivity contribution is 6.07. The summed E-state index contributed by atoms with van der Waals surface area (Å²) in [6.45, 7) is 1.34. The van der Waals surface area contributed by atoms with Gasteiger partial charge in [0.05, 0.1) is 5.56 Å². The van der Waals surface area contributed by atoms with E-state index in [0.29, 0.717) is 19.5 Å². The average Bonchev–Trinajstić information content (AvgIpc) is 3.10. The Morgan fingerprint density at radius 1 is 1.00 bits per heavy atom. The van der Waals surface area contributed by atoms with Crippen molar-refractivity contribution in [3.63, 3.8) is 0 Å². The van der Waals surface area contributed by atoms with Crippen LogP contribution in [0.15, 0.2) is 60.8 Å². The number of hydrogen-bond donors (Lipinski definition) is 1. The zero-order valence-corrected chi connectivity index (χ0v) is 16.8. The van der Waals surface area contributed by atoms with Crippen molar-refractivity contribution in [2.45, 2.75) is 31.7 Å². The topological polar surface area (TPSA) is 54.3 Å². The van der Waals surface area contributed by atoms with Crippen molar-refractivity contribution in [3.05, 3.63) is 71.9 Å². The number of hydrogen-bond acceptors (Lipinski definition) is 2. The van der Waals surface area contributed by atoms with Crippen molar-refractivity contribution in [2.75, 3.05) is 13.1 Å². The molecule has 1 fully saturated rings. The molecule has 0 saturated carbocycles. The van der Waals surface area contributed by atoms with Gasteiger partial charge in [-0.05, 0) is 30.9 Å². The highest BCUT2D eigenvalue weighted by Gasteiger charge is 2.26. The molecule has 2 aromatic carbocycles. The minimum atomic E-state index is 0.0793. The van der Waals surface area contributed by atoms with Crippen LogP contribution in [0.5, 0.6) is 0 Å². The molecule has 29 heavy (non-hydrogen) atoms. The van der Waals surface area contributed by atoms with Crippen LogP contribution in [0.4, 0.5) is 0 Å². The lowest BCUT2D eigenvalue weighted by Gasteiger charge is -2.32. The fourth-order valence-electron chi connectivity index (χ4n) is 4.11. The first-order valence-electron chi connectivity index (χ1n) is 10.3. The second kappa shape index (κ2) is 8.52. The number of piperidine rings is 1. The van der Waals surface area contributed by atoms with Crippen molar-refractivity contribution < 1.29 is 9.59 Å². The zero-order valence-electron chi connectivity index (χ0n) is 16.8. The predicted molar refractivity (Wildman–Crippen MR) is 115 cm³/mol. The molecular formula is C24H27N3O2. The van der Waals surface area contributed by atoms with E-state index in [-0.39, 0.29) is 17.9 Å². The molecular weight excluding hydrogens is 362 g/mol. The number of carbonyl (C=O) groups excluding carboxylic acids is 2. The Hall–Kier alpha value is -3.08. The summed E-state index contributed by atoms with van der Waals surface area (Å²) in [5.41, 5.74) is 3.00. The Morgan fingerprint density at radius 3 is 2.45 bits per heavy atom. The summed E-state index contributed by atoms with van der Waals surface area (Å²) in [6.07, 6.45) is 4.77. The number of para-hydroxylation sites is 1. The summed E-state index contributed by atoms with van der Waals surface area (Å²) >= 11 is 0. The smallest absolute Gasteiger partial charge is 0.256 e. The van der Waals surface area contributed by atoms with E-state index in [4.69, 9.17) is 0 Å². The van der Waals surface area contributed by atoms with Crippen LogP contribution in [-0.2, 0) is 18.3 Å². The third-order valence-electron chi connectivity index (χ3n) is 5.76. The molecule has 1 aliphatic rings. The molecule has 0 bridgehead atoms. The highest BCUT2D eigenvalue weighted by Crippen LogP contribution is 2.23. The molecule has 2 heterocycles. The molecule has 5 heteroatoms. The fraction of sp³-hybridized carbons (Fsp3) is 0.333. The van der Waals surface area contributed by atoms with Crippen LogP contribution in [0, 0.1) is 0 Å². The number of nitrogens with zero attached hydrogens (tertiary/aromatic N) is 2. The van der Waals surface area contributed by atoms with Gasteiger partial charge < -0.3 is 14.8 Å². The fourth-order valence-corrected chi connectivity index (χ4v) is 4.11. The maximum atomic E-state index is 13.0. The first-order chi connectivity index (χ1) is 14.1. The molecule has 1 saturated heterocycles. The number of amides is 2. The number of rotatable bonds is 5. The SMILES string of the molecule is Cn1cc(C(=O)N2CCC(NC(=O)CCc3ccccc3)CC2)c2ccccc21. The normalized spacial score (nSPS) is 14.9. The summed E-state index contributed by atoms with van der Waals surface area (Å²) in [5, 5.41) is 4.14. The van der Waals surface area contributed by atoms with Gasteiger partial charge in [0.15, 0.2) is 0 Å². The summed E-state index contributed by atoms with van der Waals surface area (Å²) in [5.74, 6) is 0.170. The van der Waals surface area contributed by atoms with Crippen LogP contribution >= 0.6 is 0 Å². The molecule has 4 rings (SSSR count). The third kappa shape index (κ3) is 4.34. The maximum absolute atomic E-state index is 13.0. The molecule has 0 aliphatic carbocycles. The van der Waals surface area contributed by atoms with E-state index in [1.165, 1.54) is 5.56 Å². The van der Waals surface area contributed by atoms with Crippen molar-refractivity contribution >= 4 is 22.7 Å². The molecule has 150 valence electrons. The van der Waals surface area contributed by atoms with E-state index in [0.717, 1.165) is 35.7 Å². The third-order valence-corrected chi connectivity index (χ3v) is 5.76. The van der Waals surface area contributed by atoms with Crippen LogP contribution in [0.3, 0.4) is 0 Å². The van der Waals surface area contributed by atoms with E-state index in [2.05, 4.69) is 5.32 Å². The number of aryl methyl sites for hydroxylation is 2. The first-order valence-corrected chi connectivity index (χ1v) is 10.3. The van der Waals surface area contributed by atoms with Crippen LogP contribution in [0.1, 0.15) is 35.2 Å². The Bertz CT molecular complexity index is 1000. The largest absolute Gasteiger partial charge is 0.353 e.